The second-order valence-electron chi connectivity index (χ2n) is 6.92. The van der Waals surface area contributed by atoms with Gasteiger partial charge in [0.15, 0.2) is 0 Å². The Bertz CT molecular complexity index is 1240. The first-order valence-corrected chi connectivity index (χ1v) is 11.8. The minimum absolute atomic E-state index is 0.151. The summed E-state index contributed by atoms with van der Waals surface area (Å²) in [7, 11) is 0. The van der Waals surface area contributed by atoms with Gasteiger partial charge in [-0.2, -0.15) is 0 Å². The number of ether oxygens (including phenoxy) is 1. The zero-order valence-corrected chi connectivity index (χ0v) is 19.2. The van der Waals surface area contributed by atoms with E-state index in [2.05, 4.69) is 32.8 Å². The van der Waals surface area contributed by atoms with E-state index in [4.69, 9.17) is 4.74 Å². The molecule has 6 nitrogen and oxygen atoms in total. The Balaban J connectivity index is 1.50. The molecule has 1 unspecified atom stereocenters. The molecule has 0 bridgehead atoms. The molecule has 0 aliphatic heterocycles. The minimum atomic E-state index is -0.388. The number of nitrogens with one attached hydrogen (secondary N) is 1. The molecule has 0 radical (unpaired) electrons. The Morgan fingerprint density at radius 2 is 1.84 bits per heavy atom. The van der Waals surface area contributed by atoms with Crippen molar-refractivity contribution in [2.45, 2.75) is 24.1 Å². The number of aromatic nitrogens is 2. The molecule has 1 amide bonds. The summed E-state index contributed by atoms with van der Waals surface area (Å²) in [4.78, 5) is 34.3. The molecule has 2 aromatic carbocycles. The number of carbonyl (C=O) groups is 2. The first kappa shape index (κ1) is 22.0. The van der Waals surface area contributed by atoms with Crippen molar-refractivity contribution in [3.63, 3.8) is 0 Å². The Hall–Kier alpha value is -3.23. The van der Waals surface area contributed by atoms with Crippen molar-refractivity contribution in [1.82, 2.24) is 9.97 Å². The van der Waals surface area contributed by atoms with Crippen molar-refractivity contribution in [2.75, 3.05) is 11.9 Å². The molecule has 1 atom stereocenters. The topological polar surface area (TPSA) is 81.2 Å². The average molecular weight is 464 g/mol. The number of hydrogen-bond donors (Lipinski definition) is 1. The minimum Gasteiger partial charge on any atom is -0.462 e. The van der Waals surface area contributed by atoms with Crippen LogP contribution in [-0.2, 0) is 9.53 Å². The lowest BCUT2D eigenvalue weighted by Crippen LogP contribution is -2.22. The number of rotatable bonds is 7. The van der Waals surface area contributed by atoms with Gasteiger partial charge in [-0.05, 0) is 43.7 Å². The maximum atomic E-state index is 12.8. The predicted molar refractivity (Wildman–Crippen MR) is 129 cm³/mol. The van der Waals surface area contributed by atoms with E-state index in [0.29, 0.717) is 17.9 Å². The molecule has 0 spiro atoms. The molecule has 2 aromatic heterocycles. The zero-order valence-electron chi connectivity index (χ0n) is 17.6. The van der Waals surface area contributed by atoms with E-state index in [1.165, 1.54) is 18.1 Å². The van der Waals surface area contributed by atoms with Gasteiger partial charge < -0.3 is 10.1 Å². The van der Waals surface area contributed by atoms with Gasteiger partial charge in [0.2, 0.25) is 5.91 Å². The lowest BCUT2D eigenvalue weighted by Gasteiger charge is -2.13. The van der Waals surface area contributed by atoms with Gasteiger partial charge in [0.25, 0.3) is 0 Å². The molecule has 0 aliphatic carbocycles. The van der Waals surface area contributed by atoms with Gasteiger partial charge in [-0.1, -0.05) is 42.1 Å². The summed E-state index contributed by atoms with van der Waals surface area (Å²) >= 11 is 2.96. The van der Waals surface area contributed by atoms with Crippen LogP contribution >= 0.6 is 23.1 Å². The van der Waals surface area contributed by atoms with Crippen LogP contribution in [0.15, 0.2) is 71.3 Å². The van der Waals surface area contributed by atoms with Gasteiger partial charge >= 0.3 is 5.97 Å². The number of esters is 1. The van der Waals surface area contributed by atoms with Crippen LogP contribution in [0, 0.1) is 0 Å². The molecular weight excluding hydrogens is 442 g/mol. The van der Waals surface area contributed by atoms with Crippen LogP contribution in [0.5, 0.6) is 0 Å². The second kappa shape index (κ2) is 9.93. The number of benzene rings is 2. The quantitative estimate of drug-likeness (QED) is 0.217. The fraction of sp³-hybridized carbons (Fsp3) is 0.167. The van der Waals surface area contributed by atoms with E-state index < -0.39 is 0 Å². The maximum Gasteiger partial charge on any atom is 0.338 e. The van der Waals surface area contributed by atoms with Crippen molar-refractivity contribution in [2.24, 2.45) is 0 Å². The standard InChI is InChI=1S/C24H21N3O3S2/c1-3-30-24(29)17-9-11-18(12-10-17)27-21(28)15(2)32-23-20-19(16-7-5-4-6-8-16)13-31-22(20)25-14-26-23/h4-15H,3H2,1-2H3,(H,27,28). The highest BCUT2D eigenvalue weighted by Gasteiger charge is 2.20. The third-order valence-corrected chi connectivity index (χ3v) is 6.73. The Morgan fingerprint density at radius 3 is 2.56 bits per heavy atom. The number of anilines is 1. The number of amides is 1. The van der Waals surface area contributed by atoms with Crippen molar-refractivity contribution in [3.8, 4) is 11.1 Å². The van der Waals surface area contributed by atoms with Crippen LogP contribution in [0.1, 0.15) is 24.2 Å². The highest BCUT2D eigenvalue weighted by atomic mass is 32.2. The van der Waals surface area contributed by atoms with Crippen molar-refractivity contribution < 1.29 is 14.3 Å². The summed E-state index contributed by atoms with van der Waals surface area (Å²) < 4.78 is 4.98. The summed E-state index contributed by atoms with van der Waals surface area (Å²) in [5, 5.41) is 6.32. The van der Waals surface area contributed by atoms with Crippen LogP contribution in [0.3, 0.4) is 0 Å². The molecule has 2 heterocycles. The first-order valence-electron chi connectivity index (χ1n) is 10.1. The highest BCUT2D eigenvalue weighted by molar-refractivity contribution is 8.00. The van der Waals surface area contributed by atoms with Crippen LogP contribution in [0.2, 0.25) is 0 Å². The molecule has 0 fully saturated rings. The average Bonchev–Trinajstić information content (AvgIpc) is 3.25. The van der Waals surface area contributed by atoms with E-state index in [0.717, 1.165) is 26.4 Å². The van der Waals surface area contributed by atoms with E-state index in [9.17, 15) is 9.59 Å². The SMILES string of the molecule is CCOC(=O)c1ccc(NC(=O)C(C)Sc2ncnc3scc(-c4ccccc4)c23)cc1. The van der Waals surface area contributed by atoms with Crippen molar-refractivity contribution >= 4 is 50.9 Å². The molecule has 0 saturated carbocycles. The molecule has 0 saturated heterocycles. The van der Waals surface area contributed by atoms with Gasteiger partial charge in [0, 0.05) is 16.6 Å². The number of hydrogen-bond acceptors (Lipinski definition) is 7. The summed E-state index contributed by atoms with van der Waals surface area (Å²) in [5.41, 5.74) is 3.22. The summed E-state index contributed by atoms with van der Waals surface area (Å²) in [6.45, 7) is 3.92. The van der Waals surface area contributed by atoms with E-state index in [1.807, 2.05) is 25.1 Å². The molecule has 1 N–H and O–H groups in total. The third kappa shape index (κ3) is 4.81. The van der Waals surface area contributed by atoms with Gasteiger partial charge in [-0.25, -0.2) is 14.8 Å². The normalized spacial score (nSPS) is 11.8. The zero-order chi connectivity index (χ0) is 22.5. The van der Waals surface area contributed by atoms with Crippen LogP contribution in [-0.4, -0.2) is 33.7 Å². The Labute approximate surface area is 194 Å². The number of nitrogens with zero attached hydrogens (tertiary/aromatic N) is 2. The largest absolute Gasteiger partial charge is 0.462 e. The molecule has 0 aliphatic rings. The molecule has 4 rings (SSSR count). The van der Waals surface area contributed by atoms with Crippen LogP contribution in [0.25, 0.3) is 21.3 Å². The second-order valence-corrected chi connectivity index (χ2v) is 9.11. The summed E-state index contributed by atoms with van der Waals surface area (Å²) in [5.74, 6) is -0.533. The Kier molecular flexibility index (Phi) is 6.82. The number of fused-ring (bicyclic) bond motifs is 1. The summed E-state index contributed by atoms with van der Waals surface area (Å²) in [6, 6.07) is 16.7. The van der Waals surface area contributed by atoms with Crippen molar-refractivity contribution in [1.29, 1.82) is 0 Å². The predicted octanol–water partition coefficient (Wildman–Crippen LogP) is 5.65. The van der Waals surface area contributed by atoms with E-state index >= 15 is 0 Å². The smallest absolute Gasteiger partial charge is 0.338 e. The first-order chi connectivity index (χ1) is 15.6. The van der Waals surface area contributed by atoms with Crippen molar-refractivity contribution in [3.05, 3.63) is 71.9 Å². The van der Waals surface area contributed by atoms with Crippen LogP contribution < -0.4 is 5.32 Å². The molecule has 32 heavy (non-hydrogen) atoms. The van der Waals surface area contributed by atoms with Crippen LogP contribution in [0.4, 0.5) is 5.69 Å². The van der Waals surface area contributed by atoms with Gasteiger partial charge in [0.1, 0.15) is 16.2 Å². The monoisotopic (exact) mass is 463 g/mol. The summed E-state index contributed by atoms with van der Waals surface area (Å²) in [6.07, 6.45) is 1.54. The molecule has 162 valence electrons. The number of thiophene rings is 1. The lowest BCUT2D eigenvalue weighted by molar-refractivity contribution is -0.115. The number of thioether (sulfide) groups is 1. The number of carbonyl (C=O) groups excluding carboxylic acids is 2. The lowest BCUT2D eigenvalue weighted by atomic mass is 10.1. The maximum absolute atomic E-state index is 12.8. The third-order valence-electron chi connectivity index (χ3n) is 4.74. The molecule has 4 aromatic rings. The fourth-order valence-corrected chi connectivity index (χ4v) is 5.05. The Morgan fingerprint density at radius 1 is 1.09 bits per heavy atom. The van der Waals surface area contributed by atoms with Gasteiger partial charge in [0.05, 0.1) is 22.8 Å². The highest BCUT2D eigenvalue weighted by Crippen LogP contribution is 2.39. The van der Waals surface area contributed by atoms with Gasteiger partial charge in [-0.3, -0.25) is 4.79 Å². The fourth-order valence-electron chi connectivity index (χ4n) is 3.14. The molecular formula is C24H21N3O3S2. The van der Waals surface area contributed by atoms with E-state index in [-0.39, 0.29) is 17.1 Å². The molecule has 8 heteroatoms. The van der Waals surface area contributed by atoms with E-state index in [1.54, 1.807) is 42.5 Å². The van der Waals surface area contributed by atoms with Gasteiger partial charge in [-0.15, -0.1) is 11.3 Å².